The largest absolute Gasteiger partial charge is 0.293 e. The first-order valence-corrected chi connectivity index (χ1v) is 5.24. The van der Waals surface area contributed by atoms with Crippen molar-refractivity contribution >= 4 is 5.78 Å². The second kappa shape index (κ2) is 5.41. The van der Waals surface area contributed by atoms with Gasteiger partial charge in [0.15, 0.2) is 5.78 Å². The minimum atomic E-state index is -0.679. The average Bonchev–Trinajstić information content (AvgIpc) is 2.24. The highest BCUT2D eigenvalue weighted by atomic mass is 19.1. The smallest absolute Gasteiger partial charge is 0.180 e. The average molecular weight is 219 g/mol. The molecule has 1 atom stereocenters. The number of hydrogen-bond acceptors (Lipinski definition) is 2. The third kappa shape index (κ3) is 3.16. The molecule has 0 aliphatic carbocycles. The van der Waals surface area contributed by atoms with Crippen molar-refractivity contribution in [3.8, 4) is 6.07 Å². The molecule has 3 heteroatoms. The number of nitrogens with zero attached hydrogens (tertiary/aromatic N) is 1. The quantitative estimate of drug-likeness (QED) is 0.729. The van der Waals surface area contributed by atoms with Crippen LogP contribution in [-0.2, 0) is 0 Å². The van der Waals surface area contributed by atoms with E-state index >= 15 is 0 Å². The van der Waals surface area contributed by atoms with E-state index in [2.05, 4.69) is 0 Å². The first kappa shape index (κ1) is 12.4. The normalized spacial score (nSPS) is 12.2. The first-order valence-electron chi connectivity index (χ1n) is 5.24. The van der Waals surface area contributed by atoms with Crippen molar-refractivity contribution in [3.05, 3.63) is 35.6 Å². The van der Waals surface area contributed by atoms with Crippen LogP contribution < -0.4 is 0 Å². The van der Waals surface area contributed by atoms with Crippen LogP contribution in [0.4, 0.5) is 4.39 Å². The molecule has 0 saturated heterocycles. The number of benzene rings is 1. The highest BCUT2D eigenvalue weighted by Gasteiger charge is 2.20. The van der Waals surface area contributed by atoms with Crippen LogP contribution >= 0.6 is 0 Å². The number of rotatable bonds is 4. The molecule has 16 heavy (non-hydrogen) atoms. The number of carbonyl (C=O) groups is 1. The van der Waals surface area contributed by atoms with Gasteiger partial charge in [-0.05, 0) is 24.5 Å². The van der Waals surface area contributed by atoms with Gasteiger partial charge in [0.2, 0.25) is 0 Å². The number of halogens is 1. The highest BCUT2D eigenvalue weighted by Crippen LogP contribution is 2.17. The summed E-state index contributed by atoms with van der Waals surface area (Å²) in [5.74, 6) is -1.16. The fraction of sp³-hybridized carbons (Fsp3) is 0.385. The van der Waals surface area contributed by atoms with E-state index in [1.807, 2.05) is 19.9 Å². The van der Waals surface area contributed by atoms with Gasteiger partial charge in [-0.1, -0.05) is 26.0 Å². The predicted octanol–water partition coefficient (Wildman–Crippen LogP) is 3.19. The van der Waals surface area contributed by atoms with Crippen molar-refractivity contribution in [1.82, 2.24) is 0 Å². The summed E-state index contributed by atoms with van der Waals surface area (Å²) in [4.78, 5) is 11.9. The molecule has 0 heterocycles. The zero-order chi connectivity index (χ0) is 12.1. The van der Waals surface area contributed by atoms with Gasteiger partial charge in [0, 0.05) is 5.56 Å². The maximum atomic E-state index is 12.9. The second-order valence-corrected chi connectivity index (χ2v) is 4.19. The maximum Gasteiger partial charge on any atom is 0.180 e. The van der Waals surface area contributed by atoms with Crippen LogP contribution in [0, 0.1) is 29.0 Å². The fourth-order valence-corrected chi connectivity index (χ4v) is 1.53. The van der Waals surface area contributed by atoms with Gasteiger partial charge in [-0.3, -0.25) is 4.79 Å². The molecule has 1 aromatic rings. The topological polar surface area (TPSA) is 40.9 Å². The third-order valence-corrected chi connectivity index (χ3v) is 2.29. The van der Waals surface area contributed by atoms with Crippen molar-refractivity contribution in [2.45, 2.75) is 20.3 Å². The molecule has 0 aliphatic rings. The lowest BCUT2D eigenvalue weighted by molar-refractivity contribution is 0.0936. The Balaban J connectivity index is 2.88. The molecule has 1 rings (SSSR count). The minimum absolute atomic E-state index is 0.266. The van der Waals surface area contributed by atoms with Crippen molar-refractivity contribution in [2.75, 3.05) is 0 Å². The molecule has 2 nitrogen and oxygen atoms in total. The van der Waals surface area contributed by atoms with E-state index in [9.17, 15) is 9.18 Å². The summed E-state index contributed by atoms with van der Waals surface area (Å²) in [5, 5.41) is 8.91. The summed E-state index contributed by atoms with van der Waals surface area (Å²) in [6.45, 7) is 3.90. The SMILES string of the molecule is CC(C)CC(C#N)C(=O)c1cccc(F)c1. The molecular weight excluding hydrogens is 205 g/mol. The molecule has 1 unspecified atom stereocenters. The standard InChI is InChI=1S/C13H14FNO/c1-9(2)6-11(8-15)13(16)10-4-3-5-12(14)7-10/h3-5,7,9,11H,6H2,1-2H3. The first-order chi connectivity index (χ1) is 7.54. The lowest BCUT2D eigenvalue weighted by atomic mass is 9.91. The molecule has 1 aromatic carbocycles. The molecule has 0 amide bonds. The number of carbonyl (C=O) groups excluding carboxylic acids is 1. The van der Waals surface area contributed by atoms with Gasteiger partial charge in [0.25, 0.3) is 0 Å². The molecule has 0 aliphatic heterocycles. The van der Waals surface area contributed by atoms with Crippen LogP contribution in [0.5, 0.6) is 0 Å². The Kier molecular flexibility index (Phi) is 4.19. The molecule has 0 N–H and O–H groups in total. The zero-order valence-electron chi connectivity index (χ0n) is 9.40. The van der Waals surface area contributed by atoms with E-state index in [0.29, 0.717) is 6.42 Å². The number of ketones is 1. The lowest BCUT2D eigenvalue weighted by Gasteiger charge is -2.10. The lowest BCUT2D eigenvalue weighted by Crippen LogP contribution is -2.15. The molecule has 84 valence electrons. The molecule has 0 aromatic heterocycles. The Morgan fingerprint density at radius 2 is 2.19 bits per heavy atom. The Bertz CT molecular complexity index is 420. The van der Waals surface area contributed by atoms with Gasteiger partial charge in [-0.2, -0.15) is 5.26 Å². The molecular formula is C13H14FNO. The zero-order valence-corrected chi connectivity index (χ0v) is 9.40. The summed E-state index contributed by atoms with van der Waals surface area (Å²) < 4.78 is 12.9. The molecule has 0 bridgehead atoms. The van der Waals surface area contributed by atoms with Crippen LogP contribution in [0.2, 0.25) is 0 Å². The van der Waals surface area contributed by atoms with Crippen LogP contribution in [0.25, 0.3) is 0 Å². The van der Waals surface area contributed by atoms with Gasteiger partial charge in [-0.15, -0.1) is 0 Å². The van der Waals surface area contributed by atoms with Crippen molar-refractivity contribution < 1.29 is 9.18 Å². The Morgan fingerprint density at radius 1 is 1.50 bits per heavy atom. The van der Waals surface area contributed by atoms with Crippen LogP contribution in [0.15, 0.2) is 24.3 Å². The number of nitriles is 1. The van der Waals surface area contributed by atoms with Gasteiger partial charge in [0.1, 0.15) is 11.7 Å². The third-order valence-electron chi connectivity index (χ3n) is 2.29. The highest BCUT2D eigenvalue weighted by molar-refractivity contribution is 5.99. The van der Waals surface area contributed by atoms with Gasteiger partial charge < -0.3 is 0 Å². The Hall–Kier alpha value is -1.69. The number of hydrogen-bond donors (Lipinski definition) is 0. The van der Waals surface area contributed by atoms with E-state index in [1.165, 1.54) is 24.3 Å². The summed E-state index contributed by atoms with van der Waals surface area (Å²) in [6, 6.07) is 7.45. The summed E-state index contributed by atoms with van der Waals surface area (Å²) in [6.07, 6.45) is 0.506. The number of Topliss-reactive ketones (excluding diaryl/α,β-unsaturated/α-hetero) is 1. The van der Waals surface area contributed by atoms with Crippen molar-refractivity contribution in [1.29, 1.82) is 5.26 Å². The van der Waals surface area contributed by atoms with Gasteiger partial charge >= 0.3 is 0 Å². The summed E-state index contributed by atoms with van der Waals surface area (Å²) in [7, 11) is 0. The summed E-state index contributed by atoms with van der Waals surface area (Å²) in [5.41, 5.74) is 0.271. The predicted molar refractivity (Wildman–Crippen MR) is 59.3 cm³/mol. The van der Waals surface area contributed by atoms with Gasteiger partial charge in [0.05, 0.1) is 6.07 Å². The van der Waals surface area contributed by atoms with Crippen LogP contribution in [0.1, 0.15) is 30.6 Å². The van der Waals surface area contributed by atoms with E-state index in [1.54, 1.807) is 0 Å². The molecule has 0 saturated carbocycles. The van der Waals surface area contributed by atoms with E-state index in [0.717, 1.165) is 0 Å². The summed E-state index contributed by atoms with van der Waals surface area (Å²) >= 11 is 0. The monoisotopic (exact) mass is 219 g/mol. The molecule has 0 fully saturated rings. The van der Waals surface area contributed by atoms with Crippen molar-refractivity contribution in [3.63, 3.8) is 0 Å². The van der Waals surface area contributed by atoms with Crippen LogP contribution in [-0.4, -0.2) is 5.78 Å². The van der Waals surface area contributed by atoms with Crippen LogP contribution in [0.3, 0.4) is 0 Å². The van der Waals surface area contributed by atoms with E-state index in [4.69, 9.17) is 5.26 Å². The Morgan fingerprint density at radius 3 is 2.69 bits per heavy atom. The fourth-order valence-electron chi connectivity index (χ4n) is 1.53. The molecule has 0 spiro atoms. The van der Waals surface area contributed by atoms with Gasteiger partial charge in [-0.25, -0.2) is 4.39 Å². The maximum absolute atomic E-state index is 12.9. The molecule has 0 radical (unpaired) electrons. The van der Waals surface area contributed by atoms with E-state index in [-0.39, 0.29) is 17.3 Å². The van der Waals surface area contributed by atoms with Crippen molar-refractivity contribution in [2.24, 2.45) is 11.8 Å². The Labute approximate surface area is 94.7 Å². The minimum Gasteiger partial charge on any atom is -0.293 e. The van der Waals surface area contributed by atoms with E-state index < -0.39 is 11.7 Å². The second-order valence-electron chi connectivity index (χ2n) is 4.19.